The topological polar surface area (TPSA) is 53.7 Å². The third kappa shape index (κ3) is 4.47. The fourth-order valence-electron chi connectivity index (χ4n) is 1.88. The van der Waals surface area contributed by atoms with Crippen LogP contribution in [0.1, 0.15) is 12.5 Å². The van der Waals surface area contributed by atoms with Crippen LogP contribution in [0.25, 0.3) is 6.08 Å². The second-order valence-corrected chi connectivity index (χ2v) is 7.45. The summed E-state index contributed by atoms with van der Waals surface area (Å²) in [6.07, 6.45) is 1.98. The molecule has 1 unspecified atom stereocenters. The standard InChI is InChI=1S/C14H23NO3Si/c1-12(11-19(16-2,17-3)18-4)14(15)10-13-8-6-5-7-9-13/h5-10,12H,11,15H2,1-4H3. The lowest BCUT2D eigenvalue weighted by molar-refractivity contribution is 0.120. The quantitative estimate of drug-likeness (QED) is 0.780. The molecule has 0 aromatic heterocycles. The molecule has 0 heterocycles. The molecule has 0 bridgehead atoms. The second-order valence-electron chi connectivity index (χ2n) is 4.46. The highest BCUT2D eigenvalue weighted by Crippen LogP contribution is 2.23. The smallest absolute Gasteiger partial charge is 0.402 e. The number of hydrogen-bond acceptors (Lipinski definition) is 4. The van der Waals surface area contributed by atoms with E-state index in [1.54, 1.807) is 21.3 Å². The maximum absolute atomic E-state index is 6.14. The molecular weight excluding hydrogens is 258 g/mol. The van der Waals surface area contributed by atoms with E-state index < -0.39 is 8.80 Å². The van der Waals surface area contributed by atoms with Crippen LogP contribution in [-0.2, 0) is 13.3 Å². The molecule has 1 aromatic rings. The molecule has 0 aliphatic heterocycles. The molecule has 1 atom stereocenters. The zero-order valence-electron chi connectivity index (χ0n) is 12.1. The van der Waals surface area contributed by atoms with E-state index in [1.807, 2.05) is 43.3 Å². The summed E-state index contributed by atoms with van der Waals surface area (Å²) in [5, 5.41) is 0. The van der Waals surface area contributed by atoms with E-state index in [0.29, 0.717) is 6.04 Å². The summed E-state index contributed by atoms with van der Waals surface area (Å²) >= 11 is 0. The van der Waals surface area contributed by atoms with Crippen LogP contribution in [0.5, 0.6) is 0 Å². The van der Waals surface area contributed by atoms with Crippen LogP contribution in [-0.4, -0.2) is 30.1 Å². The van der Waals surface area contributed by atoms with Gasteiger partial charge in [-0.3, -0.25) is 0 Å². The van der Waals surface area contributed by atoms with Gasteiger partial charge in [0.2, 0.25) is 0 Å². The second kappa shape index (κ2) is 7.45. The first-order valence-electron chi connectivity index (χ1n) is 6.24. The molecule has 5 heteroatoms. The molecule has 106 valence electrons. The van der Waals surface area contributed by atoms with Crippen molar-refractivity contribution in [3.63, 3.8) is 0 Å². The molecule has 4 nitrogen and oxygen atoms in total. The largest absolute Gasteiger partial charge is 0.500 e. The van der Waals surface area contributed by atoms with Crippen molar-refractivity contribution in [2.75, 3.05) is 21.3 Å². The zero-order valence-corrected chi connectivity index (χ0v) is 13.1. The third-order valence-electron chi connectivity index (χ3n) is 3.19. The van der Waals surface area contributed by atoms with Gasteiger partial charge in [-0.25, -0.2) is 0 Å². The Morgan fingerprint density at radius 3 is 2.16 bits per heavy atom. The van der Waals surface area contributed by atoms with E-state index in [4.69, 9.17) is 19.0 Å². The van der Waals surface area contributed by atoms with E-state index in [1.165, 1.54) is 0 Å². The van der Waals surface area contributed by atoms with Crippen molar-refractivity contribution in [2.24, 2.45) is 11.7 Å². The Morgan fingerprint density at radius 1 is 1.16 bits per heavy atom. The van der Waals surface area contributed by atoms with Crippen LogP contribution >= 0.6 is 0 Å². The molecule has 0 saturated carbocycles. The van der Waals surface area contributed by atoms with Crippen molar-refractivity contribution in [3.8, 4) is 0 Å². The molecule has 0 spiro atoms. The van der Waals surface area contributed by atoms with Gasteiger partial charge in [0.25, 0.3) is 0 Å². The molecule has 0 radical (unpaired) electrons. The number of nitrogens with two attached hydrogens (primary N) is 1. The number of rotatable bonds is 7. The predicted octanol–water partition coefficient (Wildman–Crippen LogP) is 2.50. The van der Waals surface area contributed by atoms with Crippen molar-refractivity contribution < 1.29 is 13.3 Å². The molecule has 0 amide bonds. The summed E-state index contributed by atoms with van der Waals surface area (Å²) in [7, 11) is 2.26. The lowest BCUT2D eigenvalue weighted by atomic mass is 10.1. The SMILES string of the molecule is CO[Si](CC(C)C(N)=Cc1ccccc1)(OC)OC. The molecular formula is C14H23NO3Si. The van der Waals surface area contributed by atoms with Gasteiger partial charge in [0, 0.05) is 39.0 Å². The average Bonchev–Trinajstić information content (AvgIpc) is 2.45. The fourth-order valence-corrected chi connectivity index (χ4v) is 3.86. The molecule has 0 aliphatic carbocycles. The summed E-state index contributed by atoms with van der Waals surface area (Å²) in [6, 6.07) is 10.7. The molecule has 2 N–H and O–H groups in total. The minimum Gasteiger partial charge on any atom is -0.402 e. The highest BCUT2D eigenvalue weighted by molar-refractivity contribution is 6.60. The van der Waals surface area contributed by atoms with Gasteiger partial charge in [0.1, 0.15) is 0 Å². The van der Waals surface area contributed by atoms with Crippen LogP contribution in [0.3, 0.4) is 0 Å². The predicted molar refractivity (Wildman–Crippen MR) is 79.4 cm³/mol. The Morgan fingerprint density at radius 2 is 1.68 bits per heavy atom. The Bertz CT molecular complexity index is 396. The minimum atomic E-state index is -2.58. The first-order valence-corrected chi connectivity index (χ1v) is 8.17. The van der Waals surface area contributed by atoms with Crippen molar-refractivity contribution in [2.45, 2.75) is 13.0 Å². The number of benzene rings is 1. The van der Waals surface area contributed by atoms with E-state index in [-0.39, 0.29) is 5.92 Å². The van der Waals surface area contributed by atoms with Gasteiger partial charge in [-0.1, -0.05) is 37.3 Å². The Labute approximate surface area is 116 Å². The maximum atomic E-state index is 6.14. The van der Waals surface area contributed by atoms with Crippen molar-refractivity contribution >= 4 is 14.9 Å². The van der Waals surface area contributed by atoms with Crippen LogP contribution in [0, 0.1) is 5.92 Å². The molecule has 0 aliphatic rings. The summed E-state index contributed by atoms with van der Waals surface area (Å²) in [6.45, 7) is 2.05. The van der Waals surface area contributed by atoms with E-state index in [0.717, 1.165) is 11.3 Å². The summed E-state index contributed by atoms with van der Waals surface area (Å²) in [5.74, 6) is 0.131. The van der Waals surface area contributed by atoms with E-state index in [9.17, 15) is 0 Å². The zero-order chi connectivity index (χ0) is 14.3. The van der Waals surface area contributed by atoms with Gasteiger partial charge in [-0.2, -0.15) is 0 Å². The highest BCUT2D eigenvalue weighted by Gasteiger charge is 2.39. The minimum absolute atomic E-state index is 0.131. The molecule has 0 saturated heterocycles. The van der Waals surface area contributed by atoms with E-state index in [2.05, 4.69) is 0 Å². The highest BCUT2D eigenvalue weighted by atomic mass is 28.4. The lowest BCUT2D eigenvalue weighted by Gasteiger charge is -2.27. The van der Waals surface area contributed by atoms with Gasteiger partial charge >= 0.3 is 8.80 Å². The molecule has 1 aromatic carbocycles. The summed E-state index contributed by atoms with van der Waals surface area (Å²) < 4.78 is 16.3. The van der Waals surface area contributed by atoms with Gasteiger partial charge in [-0.15, -0.1) is 0 Å². The van der Waals surface area contributed by atoms with Crippen LogP contribution in [0.2, 0.25) is 6.04 Å². The lowest BCUT2D eigenvalue weighted by Crippen LogP contribution is -2.44. The fraction of sp³-hybridized carbons (Fsp3) is 0.429. The van der Waals surface area contributed by atoms with Crippen LogP contribution < -0.4 is 5.73 Å². The molecule has 19 heavy (non-hydrogen) atoms. The first kappa shape index (κ1) is 15.9. The molecule has 1 rings (SSSR count). The van der Waals surface area contributed by atoms with Gasteiger partial charge in [0.05, 0.1) is 0 Å². The van der Waals surface area contributed by atoms with Crippen LogP contribution in [0.4, 0.5) is 0 Å². The Balaban J connectivity index is 2.77. The van der Waals surface area contributed by atoms with Gasteiger partial charge in [0.15, 0.2) is 0 Å². The molecule has 0 fully saturated rings. The Hall–Kier alpha value is -1.14. The van der Waals surface area contributed by atoms with Gasteiger partial charge in [-0.05, 0) is 11.6 Å². The Kier molecular flexibility index (Phi) is 6.24. The van der Waals surface area contributed by atoms with Gasteiger partial charge < -0.3 is 19.0 Å². The van der Waals surface area contributed by atoms with Crippen molar-refractivity contribution in [1.29, 1.82) is 0 Å². The average molecular weight is 281 g/mol. The maximum Gasteiger partial charge on any atom is 0.500 e. The number of allylic oxidation sites excluding steroid dienone is 1. The number of hydrogen-bond donors (Lipinski definition) is 1. The van der Waals surface area contributed by atoms with Crippen LogP contribution in [0.15, 0.2) is 36.0 Å². The normalized spacial score (nSPS) is 14.4. The first-order chi connectivity index (χ1) is 9.06. The third-order valence-corrected chi connectivity index (χ3v) is 6.17. The summed E-state index contributed by atoms with van der Waals surface area (Å²) in [4.78, 5) is 0. The monoisotopic (exact) mass is 281 g/mol. The summed E-state index contributed by atoms with van der Waals surface area (Å²) in [5.41, 5.74) is 8.03. The van der Waals surface area contributed by atoms with Crippen molar-refractivity contribution in [3.05, 3.63) is 41.6 Å². The van der Waals surface area contributed by atoms with Crippen molar-refractivity contribution in [1.82, 2.24) is 0 Å². The van der Waals surface area contributed by atoms with E-state index >= 15 is 0 Å².